The molecule has 37 heavy (non-hydrogen) atoms. The van der Waals surface area contributed by atoms with Gasteiger partial charge in [0, 0.05) is 12.6 Å². The Morgan fingerprint density at radius 2 is 1.70 bits per heavy atom. The number of nitrogens with one attached hydrogen (secondary N) is 2. The minimum Gasteiger partial charge on any atom is -0.444 e. The van der Waals surface area contributed by atoms with E-state index in [1.807, 2.05) is 67.8 Å². The third-order valence-corrected chi connectivity index (χ3v) is 6.67. The van der Waals surface area contributed by atoms with Crippen LogP contribution in [0.1, 0.15) is 62.8 Å². The number of hydrogen-bond acceptors (Lipinski definition) is 5. The monoisotopic (exact) mass is 525 g/mol. The molecule has 2 aromatic carbocycles. The van der Waals surface area contributed by atoms with Crippen LogP contribution in [0.4, 0.5) is 4.79 Å². The van der Waals surface area contributed by atoms with Gasteiger partial charge in [0.15, 0.2) is 0 Å². The molecular formula is C29H39N3O4S. The SMILES string of the molecule is CSCCC(NC(=O)OC(C)(C)C)C(=O)N(C1CC1)C(C(=O)NCc1ccccc1)c1ccc(C)cc1. The first-order valence-corrected chi connectivity index (χ1v) is 14.2. The van der Waals surface area contributed by atoms with Crippen LogP contribution in [0, 0.1) is 6.92 Å². The standard InChI is InChI=1S/C29H39N3O4S/c1-20-11-13-22(14-12-20)25(26(33)30-19-21-9-7-6-8-10-21)32(23-15-16-23)27(34)24(17-18-37-5)31-28(35)36-29(2,3)4/h6-14,23-25H,15-19H2,1-5H3,(H,30,33)(H,31,35). The number of carbonyl (C=O) groups is 3. The number of nitrogens with zero attached hydrogens (tertiary/aromatic N) is 1. The predicted molar refractivity (Wildman–Crippen MR) is 148 cm³/mol. The van der Waals surface area contributed by atoms with Crippen LogP contribution >= 0.6 is 11.8 Å². The zero-order chi connectivity index (χ0) is 27.0. The molecule has 3 amide bonds. The number of alkyl carbamates (subject to hydrolysis) is 1. The van der Waals surface area contributed by atoms with Gasteiger partial charge in [-0.1, -0.05) is 60.2 Å². The first-order chi connectivity index (χ1) is 17.6. The molecular weight excluding hydrogens is 486 g/mol. The smallest absolute Gasteiger partial charge is 0.408 e. The summed E-state index contributed by atoms with van der Waals surface area (Å²) in [6, 6.07) is 15.8. The van der Waals surface area contributed by atoms with Crippen molar-refractivity contribution in [2.45, 2.75) is 77.2 Å². The Hall–Kier alpha value is -3.00. The quantitative estimate of drug-likeness (QED) is 0.432. The highest BCUT2D eigenvalue weighted by atomic mass is 32.2. The lowest BCUT2D eigenvalue weighted by Gasteiger charge is -2.34. The highest BCUT2D eigenvalue weighted by Crippen LogP contribution is 2.36. The molecule has 1 saturated carbocycles. The van der Waals surface area contributed by atoms with Crippen molar-refractivity contribution in [3.8, 4) is 0 Å². The Kier molecular flexibility index (Phi) is 10.0. The minimum absolute atomic E-state index is 0.0569. The normalized spacial score (nSPS) is 14.8. The van der Waals surface area contributed by atoms with Crippen molar-refractivity contribution in [2.24, 2.45) is 0 Å². The second-order valence-electron chi connectivity index (χ2n) is 10.5. The lowest BCUT2D eigenvalue weighted by atomic mass is 10.0. The highest BCUT2D eigenvalue weighted by Gasteiger charge is 2.43. The number of ether oxygens (including phenoxy) is 1. The molecule has 0 aromatic heterocycles. The molecule has 0 bridgehead atoms. The van der Waals surface area contributed by atoms with Crippen molar-refractivity contribution < 1.29 is 19.1 Å². The highest BCUT2D eigenvalue weighted by molar-refractivity contribution is 7.98. The maximum Gasteiger partial charge on any atom is 0.408 e. The van der Waals surface area contributed by atoms with Gasteiger partial charge in [-0.15, -0.1) is 0 Å². The number of thioether (sulfide) groups is 1. The van der Waals surface area contributed by atoms with Gasteiger partial charge >= 0.3 is 6.09 Å². The Labute approximate surface area is 224 Å². The van der Waals surface area contributed by atoms with E-state index in [4.69, 9.17) is 4.74 Å². The molecule has 200 valence electrons. The molecule has 1 aliphatic carbocycles. The van der Waals surface area contributed by atoms with Crippen molar-refractivity contribution in [1.82, 2.24) is 15.5 Å². The summed E-state index contributed by atoms with van der Waals surface area (Å²) in [5.74, 6) is 0.178. The molecule has 7 nitrogen and oxygen atoms in total. The summed E-state index contributed by atoms with van der Waals surface area (Å²) in [5.41, 5.74) is 2.11. The van der Waals surface area contributed by atoms with Gasteiger partial charge < -0.3 is 20.3 Å². The molecule has 2 unspecified atom stereocenters. The number of benzene rings is 2. The van der Waals surface area contributed by atoms with E-state index in [9.17, 15) is 14.4 Å². The maximum atomic E-state index is 14.1. The second kappa shape index (κ2) is 13.0. The zero-order valence-corrected chi connectivity index (χ0v) is 23.3. The fourth-order valence-electron chi connectivity index (χ4n) is 4.06. The van der Waals surface area contributed by atoms with Crippen molar-refractivity contribution in [3.63, 3.8) is 0 Å². The first-order valence-electron chi connectivity index (χ1n) is 12.8. The molecule has 2 N–H and O–H groups in total. The van der Waals surface area contributed by atoms with Gasteiger partial charge in [-0.2, -0.15) is 11.8 Å². The van der Waals surface area contributed by atoms with Crippen LogP contribution in [0.2, 0.25) is 0 Å². The lowest BCUT2D eigenvalue weighted by Crippen LogP contribution is -2.54. The molecule has 3 rings (SSSR count). The Morgan fingerprint density at radius 1 is 1.05 bits per heavy atom. The largest absolute Gasteiger partial charge is 0.444 e. The van der Waals surface area contributed by atoms with Gasteiger partial charge in [0.25, 0.3) is 0 Å². The van der Waals surface area contributed by atoms with E-state index in [2.05, 4.69) is 10.6 Å². The number of carbonyl (C=O) groups excluding carboxylic acids is 3. The van der Waals surface area contributed by atoms with E-state index in [1.54, 1.807) is 37.4 Å². The average molecular weight is 526 g/mol. The van der Waals surface area contributed by atoms with E-state index >= 15 is 0 Å². The Morgan fingerprint density at radius 3 is 2.27 bits per heavy atom. The summed E-state index contributed by atoms with van der Waals surface area (Å²) in [6.45, 7) is 7.70. The number of hydrogen-bond donors (Lipinski definition) is 2. The van der Waals surface area contributed by atoms with Crippen LogP contribution < -0.4 is 10.6 Å². The van der Waals surface area contributed by atoms with Crippen LogP contribution in [0.15, 0.2) is 54.6 Å². The number of amides is 3. The molecule has 8 heteroatoms. The summed E-state index contributed by atoms with van der Waals surface area (Å²) in [6.07, 6.45) is 3.40. The molecule has 1 aliphatic rings. The predicted octanol–water partition coefficient (Wildman–Crippen LogP) is 4.99. The van der Waals surface area contributed by atoms with Crippen LogP contribution in [-0.2, 0) is 20.9 Å². The van der Waals surface area contributed by atoms with Crippen LogP contribution in [0.3, 0.4) is 0 Å². The molecule has 0 spiro atoms. The van der Waals surface area contributed by atoms with Crippen molar-refractivity contribution in [3.05, 3.63) is 71.3 Å². The van der Waals surface area contributed by atoms with Crippen molar-refractivity contribution >= 4 is 29.7 Å². The Bertz CT molecular complexity index is 1050. The third-order valence-electron chi connectivity index (χ3n) is 6.02. The molecule has 2 atom stereocenters. The van der Waals surface area contributed by atoms with E-state index in [-0.39, 0.29) is 17.9 Å². The minimum atomic E-state index is -0.804. The van der Waals surface area contributed by atoms with Crippen LogP contribution in [0.25, 0.3) is 0 Å². The summed E-state index contributed by atoms with van der Waals surface area (Å²) in [4.78, 5) is 42.1. The van der Waals surface area contributed by atoms with Crippen LogP contribution in [-0.4, -0.2) is 52.5 Å². The average Bonchev–Trinajstić information content (AvgIpc) is 3.68. The van der Waals surface area contributed by atoms with Gasteiger partial charge in [0.1, 0.15) is 17.7 Å². The lowest BCUT2D eigenvalue weighted by molar-refractivity contribution is -0.143. The fraction of sp³-hybridized carbons (Fsp3) is 0.483. The fourth-order valence-corrected chi connectivity index (χ4v) is 4.53. The Balaban J connectivity index is 1.90. The molecule has 0 heterocycles. The van der Waals surface area contributed by atoms with Crippen LogP contribution in [0.5, 0.6) is 0 Å². The third kappa shape index (κ3) is 8.81. The zero-order valence-electron chi connectivity index (χ0n) is 22.5. The summed E-state index contributed by atoms with van der Waals surface area (Å²) < 4.78 is 5.44. The van der Waals surface area contributed by atoms with E-state index < -0.39 is 23.8 Å². The summed E-state index contributed by atoms with van der Waals surface area (Å²) in [7, 11) is 0. The van der Waals surface area contributed by atoms with Crippen molar-refractivity contribution in [2.75, 3.05) is 12.0 Å². The molecule has 0 saturated heterocycles. The van der Waals surface area contributed by atoms with Crippen molar-refractivity contribution in [1.29, 1.82) is 0 Å². The maximum absolute atomic E-state index is 14.1. The van der Waals surface area contributed by atoms with Gasteiger partial charge in [-0.25, -0.2) is 4.79 Å². The second-order valence-corrected chi connectivity index (χ2v) is 11.5. The van der Waals surface area contributed by atoms with E-state index in [1.165, 1.54) is 0 Å². The number of rotatable bonds is 11. The van der Waals surface area contributed by atoms with E-state index in [0.717, 1.165) is 29.5 Å². The number of aryl methyl sites for hydroxylation is 1. The summed E-state index contributed by atoms with van der Waals surface area (Å²) >= 11 is 1.60. The summed E-state index contributed by atoms with van der Waals surface area (Å²) in [5, 5.41) is 5.82. The van der Waals surface area contributed by atoms with Gasteiger partial charge in [-0.3, -0.25) is 9.59 Å². The first kappa shape index (κ1) is 28.6. The van der Waals surface area contributed by atoms with Gasteiger partial charge in [0.2, 0.25) is 11.8 Å². The topological polar surface area (TPSA) is 87.7 Å². The van der Waals surface area contributed by atoms with E-state index in [0.29, 0.717) is 18.7 Å². The van der Waals surface area contributed by atoms with Gasteiger partial charge in [-0.05, 0) is 70.1 Å². The van der Waals surface area contributed by atoms with Gasteiger partial charge in [0.05, 0.1) is 0 Å². The molecule has 2 aromatic rings. The molecule has 1 fully saturated rings. The molecule has 0 aliphatic heterocycles. The molecule has 0 radical (unpaired) electrons.